The molecule has 2 fully saturated rings. The molecule has 0 aromatic heterocycles. The number of aliphatic carboxylic acids is 1. The van der Waals surface area contributed by atoms with Crippen LogP contribution in [0.25, 0.3) is 0 Å². The Hall–Kier alpha value is -1.95. The number of ether oxygens (including phenoxy) is 2. The van der Waals surface area contributed by atoms with Crippen LogP contribution in [-0.4, -0.2) is 48.2 Å². The van der Waals surface area contributed by atoms with Gasteiger partial charge in [-0.25, -0.2) is 4.79 Å². The van der Waals surface area contributed by atoms with Crippen molar-refractivity contribution in [2.45, 2.75) is 32.2 Å². The number of carbonyl (C=O) groups is 2. The predicted molar refractivity (Wildman–Crippen MR) is 92.5 cm³/mol. The first-order valence-electron chi connectivity index (χ1n) is 8.52. The quantitative estimate of drug-likeness (QED) is 0.865. The monoisotopic (exact) mass is 367 g/mol. The van der Waals surface area contributed by atoms with Crippen molar-refractivity contribution in [1.82, 2.24) is 4.90 Å². The van der Waals surface area contributed by atoms with Gasteiger partial charge >= 0.3 is 5.97 Å². The number of fused-ring (bicyclic) bond motifs is 1. The highest BCUT2D eigenvalue weighted by Gasteiger charge is 2.49. The lowest BCUT2D eigenvalue weighted by Crippen LogP contribution is -2.43. The summed E-state index contributed by atoms with van der Waals surface area (Å²) in [6, 6.07) is 2.31. The van der Waals surface area contributed by atoms with Crippen molar-refractivity contribution >= 4 is 23.5 Å². The molecule has 25 heavy (non-hydrogen) atoms. The second-order valence-corrected chi connectivity index (χ2v) is 6.93. The van der Waals surface area contributed by atoms with Gasteiger partial charge in [0, 0.05) is 12.1 Å². The van der Waals surface area contributed by atoms with Crippen molar-refractivity contribution in [3.63, 3.8) is 0 Å². The van der Waals surface area contributed by atoms with Gasteiger partial charge in [-0.1, -0.05) is 18.0 Å². The van der Waals surface area contributed by atoms with Gasteiger partial charge in [0.15, 0.2) is 11.5 Å². The van der Waals surface area contributed by atoms with E-state index in [1.165, 1.54) is 18.1 Å². The molecule has 1 aromatic rings. The van der Waals surface area contributed by atoms with E-state index in [0.29, 0.717) is 30.2 Å². The van der Waals surface area contributed by atoms with Crippen molar-refractivity contribution in [2.24, 2.45) is 11.8 Å². The van der Waals surface area contributed by atoms with Gasteiger partial charge in [0.1, 0.15) is 6.04 Å². The molecule has 3 rings (SSSR count). The maximum Gasteiger partial charge on any atom is 0.326 e. The standard InChI is InChI=1S/C18H22ClNO5/c1-3-25-16-13(19)7-11(8-14(16)24-2)17(21)20-9-10-5-4-6-12(10)15(20)18(22)23/h7-8,10,12,15H,3-6,9H2,1-2H3,(H,22,23). The van der Waals surface area contributed by atoms with Crippen LogP contribution in [0.3, 0.4) is 0 Å². The zero-order chi connectivity index (χ0) is 18.1. The highest BCUT2D eigenvalue weighted by molar-refractivity contribution is 6.32. The number of benzene rings is 1. The van der Waals surface area contributed by atoms with Crippen molar-refractivity contribution in [2.75, 3.05) is 20.3 Å². The van der Waals surface area contributed by atoms with E-state index < -0.39 is 12.0 Å². The topological polar surface area (TPSA) is 76.1 Å². The lowest BCUT2D eigenvalue weighted by Gasteiger charge is -2.25. The van der Waals surface area contributed by atoms with Crippen molar-refractivity contribution in [3.05, 3.63) is 22.7 Å². The van der Waals surface area contributed by atoms with Gasteiger partial charge < -0.3 is 19.5 Å². The summed E-state index contributed by atoms with van der Waals surface area (Å²) in [5.41, 5.74) is 0.316. The van der Waals surface area contributed by atoms with Crippen LogP contribution in [0.5, 0.6) is 11.5 Å². The molecule has 7 heteroatoms. The minimum atomic E-state index is -0.938. The van der Waals surface area contributed by atoms with E-state index in [9.17, 15) is 14.7 Å². The number of rotatable bonds is 5. The first-order valence-corrected chi connectivity index (χ1v) is 8.89. The van der Waals surface area contributed by atoms with Crippen LogP contribution in [0, 0.1) is 11.8 Å². The Morgan fingerprint density at radius 1 is 1.36 bits per heavy atom. The summed E-state index contributed by atoms with van der Waals surface area (Å²) in [5.74, 6) is -0.205. The molecule has 1 aliphatic carbocycles. The van der Waals surface area contributed by atoms with Crippen LogP contribution >= 0.6 is 11.6 Å². The number of halogens is 1. The first kappa shape index (κ1) is 17.9. The fraction of sp³-hybridized carbons (Fsp3) is 0.556. The molecule has 136 valence electrons. The summed E-state index contributed by atoms with van der Waals surface area (Å²) in [5, 5.41) is 9.91. The molecule has 1 N–H and O–H groups in total. The Labute approximate surface area is 151 Å². The minimum absolute atomic E-state index is 0.0431. The predicted octanol–water partition coefficient (Wildman–Crippen LogP) is 3.07. The molecule has 0 radical (unpaired) electrons. The lowest BCUT2D eigenvalue weighted by molar-refractivity contribution is -0.142. The molecule has 1 heterocycles. The molecular formula is C18H22ClNO5. The van der Waals surface area contributed by atoms with Gasteiger partial charge in [-0.05, 0) is 43.7 Å². The number of carboxylic acid groups (broad SMARTS) is 1. The van der Waals surface area contributed by atoms with E-state index in [2.05, 4.69) is 0 Å². The summed E-state index contributed by atoms with van der Waals surface area (Å²) in [4.78, 5) is 26.2. The van der Waals surface area contributed by atoms with Crippen molar-refractivity contribution < 1.29 is 24.2 Å². The molecule has 3 unspecified atom stereocenters. The third-order valence-electron chi connectivity index (χ3n) is 5.17. The number of carboxylic acids is 1. The number of carbonyl (C=O) groups excluding carboxylic acids is 1. The van der Waals surface area contributed by atoms with Crippen LogP contribution < -0.4 is 9.47 Å². The second kappa shape index (κ2) is 7.12. The van der Waals surface area contributed by atoms with Crippen LogP contribution in [0.1, 0.15) is 36.5 Å². The highest BCUT2D eigenvalue weighted by Crippen LogP contribution is 2.43. The summed E-state index contributed by atoms with van der Waals surface area (Å²) in [6.07, 6.45) is 2.87. The minimum Gasteiger partial charge on any atom is -0.493 e. The van der Waals surface area contributed by atoms with E-state index >= 15 is 0 Å². The molecule has 0 spiro atoms. The second-order valence-electron chi connectivity index (χ2n) is 6.52. The third kappa shape index (κ3) is 3.15. The molecular weight excluding hydrogens is 346 g/mol. The van der Waals surface area contributed by atoms with Crippen molar-refractivity contribution in [3.8, 4) is 11.5 Å². The maximum absolute atomic E-state index is 13.0. The molecule has 1 amide bonds. The van der Waals surface area contributed by atoms with Crippen molar-refractivity contribution in [1.29, 1.82) is 0 Å². The summed E-state index contributed by atoms with van der Waals surface area (Å²) >= 11 is 6.25. The molecule has 1 aliphatic heterocycles. The summed E-state index contributed by atoms with van der Waals surface area (Å²) in [7, 11) is 1.47. The zero-order valence-corrected chi connectivity index (χ0v) is 15.1. The SMILES string of the molecule is CCOc1c(Cl)cc(C(=O)N2CC3CCCC3C2C(=O)O)cc1OC. The number of methoxy groups -OCH3 is 1. The smallest absolute Gasteiger partial charge is 0.326 e. The highest BCUT2D eigenvalue weighted by atomic mass is 35.5. The maximum atomic E-state index is 13.0. The summed E-state index contributed by atoms with van der Waals surface area (Å²) < 4.78 is 10.7. The van der Waals surface area contributed by atoms with Gasteiger partial charge in [0.25, 0.3) is 5.91 Å². The van der Waals surface area contributed by atoms with Gasteiger partial charge in [-0.2, -0.15) is 0 Å². The van der Waals surface area contributed by atoms with Gasteiger partial charge in [-0.15, -0.1) is 0 Å². The number of hydrogen-bond acceptors (Lipinski definition) is 4. The average molecular weight is 368 g/mol. The van der Waals surface area contributed by atoms with E-state index in [0.717, 1.165) is 19.3 Å². The first-order chi connectivity index (χ1) is 12.0. The Balaban J connectivity index is 1.92. The molecule has 1 aromatic carbocycles. The third-order valence-corrected chi connectivity index (χ3v) is 5.45. The average Bonchev–Trinajstić information content (AvgIpc) is 3.16. The number of nitrogens with zero attached hydrogens (tertiary/aromatic N) is 1. The lowest BCUT2D eigenvalue weighted by atomic mass is 9.94. The zero-order valence-electron chi connectivity index (χ0n) is 14.3. The molecule has 0 bridgehead atoms. The van der Waals surface area contributed by atoms with Crippen LogP contribution in [0.15, 0.2) is 12.1 Å². The Kier molecular flexibility index (Phi) is 5.08. The fourth-order valence-corrected chi connectivity index (χ4v) is 4.39. The molecule has 3 atom stereocenters. The Bertz CT molecular complexity index is 692. The van der Waals surface area contributed by atoms with Crippen LogP contribution in [0.2, 0.25) is 5.02 Å². The van der Waals surface area contributed by atoms with Crippen LogP contribution in [-0.2, 0) is 4.79 Å². The fourth-order valence-electron chi connectivity index (χ4n) is 4.12. The number of amides is 1. The van der Waals surface area contributed by atoms with Crippen LogP contribution in [0.4, 0.5) is 0 Å². The Morgan fingerprint density at radius 3 is 2.76 bits per heavy atom. The van der Waals surface area contributed by atoms with E-state index in [-0.39, 0.29) is 22.8 Å². The molecule has 1 saturated carbocycles. The molecule has 1 saturated heterocycles. The number of likely N-dealkylation sites (tertiary alicyclic amines) is 1. The largest absolute Gasteiger partial charge is 0.493 e. The number of hydrogen-bond donors (Lipinski definition) is 1. The molecule has 6 nitrogen and oxygen atoms in total. The summed E-state index contributed by atoms with van der Waals surface area (Å²) in [6.45, 7) is 2.73. The Morgan fingerprint density at radius 2 is 2.12 bits per heavy atom. The van der Waals surface area contributed by atoms with Gasteiger partial charge in [0.05, 0.1) is 18.7 Å². The van der Waals surface area contributed by atoms with E-state index in [1.54, 1.807) is 6.07 Å². The molecule has 2 aliphatic rings. The van der Waals surface area contributed by atoms with Gasteiger partial charge in [0.2, 0.25) is 0 Å². The van der Waals surface area contributed by atoms with E-state index in [4.69, 9.17) is 21.1 Å². The van der Waals surface area contributed by atoms with Gasteiger partial charge in [-0.3, -0.25) is 4.79 Å². The normalized spacial score (nSPS) is 24.9. The van der Waals surface area contributed by atoms with E-state index in [1.807, 2.05) is 6.92 Å².